The van der Waals surface area contributed by atoms with Crippen molar-refractivity contribution < 1.29 is 22.7 Å². The third kappa shape index (κ3) is 5.36. The fourth-order valence-corrected chi connectivity index (χ4v) is 5.82. The van der Waals surface area contributed by atoms with Crippen LogP contribution in [0.4, 0.5) is 0 Å². The molecule has 2 aromatic carbocycles. The molecule has 2 aromatic rings. The van der Waals surface area contributed by atoms with E-state index < -0.39 is 22.6 Å². The highest BCUT2D eigenvalue weighted by Gasteiger charge is 2.32. The predicted molar refractivity (Wildman–Crippen MR) is 117 cm³/mol. The second kappa shape index (κ2) is 9.41. The standard InChI is InChI=1S/C22H24BrNO5S/c1-15-9-16(2)13-24(12-15)30(27,28)20-8-4-6-18(11-20)22(26)29-14-21(25)17-5-3-7-19(23)10-17/h3-8,10-11,15-16H,9,12-14H2,1-2H3. The van der Waals surface area contributed by atoms with Crippen molar-refractivity contribution in [2.45, 2.75) is 25.2 Å². The summed E-state index contributed by atoms with van der Waals surface area (Å²) in [5.74, 6) is -0.526. The van der Waals surface area contributed by atoms with Crippen LogP contribution in [0.15, 0.2) is 57.9 Å². The van der Waals surface area contributed by atoms with Crippen molar-refractivity contribution in [1.82, 2.24) is 4.31 Å². The number of hydrogen-bond acceptors (Lipinski definition) is 5. The Labute approximate surface area is 185 Å². The molecule has 0 radical (unpaired) electrons. The Morgan fingerprint density at radius 1 is 1.03 bits per heavy atom. The predicted octanol–water partition coefficient (Wildman–Crippen LogP) is 4.16. The molecule has 6 nitrogen and oxygen atoms in total. The Morgan fingerprint density at radius 3 is 2.33 bits per heavy atom. The van der Waals surface area contributed by atoms with E-state index in [1.807, 2.05) is 13.8 Å². The highest BCUT2D eigenvalue weighted by Crippen LogP contribution is 2.27. The normalized spacial score (nSPS) is 20.0. The monoisotopic (exact) mass is 493 g/mol. The lowest BCUT2D eigenvalue weighted by Crippen LogP contribution is -2.42. The molecule has 160 valence electrons. The van der Waals surface area contributed by atoms with Gasteiger partial charge in [-0.25, -0.2) is 13.2 Å². The first kappa shape index (κ1) is 22.7. The van der Waals surface area contributed by atoms with Gasteiger partial charge in [0.15, 0.2) is 12.4 Å². The molecule has 0 N–H and O–H groups in total. The number of piperidine rings is 1. The molecule has 0 amide bonds. The molecule has 0 spiro atoms. The van der Waals surface area contributed by atoms with Crippen LogP contribution in [0.5, 0.6) is 0 Å². The maximum Gasteiger partial charge on any atom is 0.338 e. The summed E-state index contributed by atoms with van der Waals surface area (Å²) < 4.78 is 33.5. The maximum absolute atomic E-state index is 13.1. The lowest BCUT2D eigenvalue weighted by Gasteiger charge is -2.34. The van der Waals surface area contributed by atoms with Crippen molar-refractivity contribution in [3.63, 3.8) is 0 Å². The zero-order valence-electron chi connectivity index (χ0n) is 16.9. The summed E-state index contributed by atoms with van der Waals surface area (Å²) >= 11 is 3.29. The summed E-state index contributed by atoms with van der Waals surface area (Å²) in [7, 11) is -3.71. The minimum atomic E-state index is -3.71. The number of esters is 1. The summed E-state index contributed by atoms with van der Waals surface area (Å²) in [6.07, 6.45) is 0.990. The van der Waals surface area contributed by atoms with E-state index in [1.165, 1.54) is 28.6 Å². The van der Waals surface area contributed by atoms with Gasteiger partial charge >= 0.3 is 5.97 Å². The molecule has 1 fully saturated rings. The van der Waals surface area contributed by atoms with E-state index in [2.05, 4.69) is 15.9 Å². The molecule has 3 rings (SSSR count). The van der Waals surface area contributed by atoms with Gasteiger partial charge in [-0.1, -0.05) is 48.0 Å². The maximum atomic E-state index is 13.1. The number of carbonyl (C=O) groups is 2. The molecule has 2 unspecified atom stereocenters. The highest BCUT2D eigenvalue weighted by atomic mass is 79.9. The van der Waals surface area contributed by atoms with Crippen LogP contribution < -0.4 is 0 Å². The molecule has 8 heteroatoms. The number of halogens is 1. The van der Waals surface area contributed by atoms with Crippen molar-refractivity contribution in [3.8, 4) is 0 Å². The molecule has 1 saturated heterocycles. The number of nitrogens with zero attached hydrogens (tertiary/aromatic N) is 1. The summed E-state index contributed by atoms with van der Waals surface area (Å²) in [6.45, 7) is 4.57. The van der Waals surface area contributed by atoms with Crippen molar-refractivity contribution in [2.75, 3.05) is 19.7 Å². The van der Waals surface area contributed by atoms with Crippen LogP contribution in [0.3, 0.4) is 0 Å². The van der Waals surface area contributed by atoms with Gasteiger partial charge in [0.2, 0.25) is 10.0 Å². The number of benzene rings is 2. The van der Waals surface area contributed by atoms with Gasteiger partial charge in [-0.2, -0.15) is 4.31 Å². The van der Waals surface area contributed by atoms with E-state index in [-0.39, 0.29) is 28.1 Å². The number of Topliss-reactive ketones (excluding diaryl/α,β-unsaturated/α-hetero) is 1. The van der Waals surface area contributed by atoms with Gasteiger partial charge in [0.05, 0.1) is 10.5 Å². The Kier molecular flexibility index (Phi) is 7.10. The molecule has 1 aliphatic rings. The Morgan fingerprint density at radius 2 is 1.67 bits per heavy atom. The summed E-state index contributed by atoms with van der Waals surface area (Å²) in [4.78, 5) is 24.7. The van der Waals surface area contributed by atoms with E-state index in [1.54, 1.807) is 24.3 Å². The summed E-state index contributed by atoms with van der Waals surface area (Å²) in [5, 5.41) is 0. The van der Waals surface area contributed by atoms with Crippen LogP contribution in [0.1, 0.15) is 41.0 Å². The number of ether oxygens (including phenoxy) is 1. The highest BCUT2D eigenvalue weighted by molar-refractivity contribution is 9.10. The van der Waals surface area contributed by atoms with Crippen LogP contribution in [0.2, 0.25) is 0 Å². The van der Waals surface area contributed by atoms with Crippen molar-refractivity contribution in [3.05, 3.63) is 64.1 Å². The van der Waals surface area contributed by atoms with Crippen LogP contribution in [-0.2, 0) is 14.8 Å². The lowest BCUT2D eigenvalue weighted by atomic mass is 9.94. The lowest BCUT2D eigenvalue weighted by molar-refractivity contribution is 0.0474. The van der Waals surface area contributed by atoms with E-state index >= 15 is 0 Å². The van der Waals surface area contributed by atoms with Crippen LogP contribution >= 0.6 is 15.9 Å². The molecule has 0 aromatic heterocycles. The Bertz CT molecular complexity index is 1040. The van der Waals surface area contributed by atoms with Crippen LogP contribution in [-0.4, -0.2) is 44.2 Å². The fraction of sp³-hybridized carbons (Fsp3) is 0.364. The van der Waals surface area contributed by atoms with Gasteiger partial charge in [-0.3, -0.25) is 4.79 Å². The summed E-state index contributed by atoms with van der Waals surface area (Å²) in [6, 6.07) is 12.6. The quantitative estimate of drug-likeness (QED) is 0.445. The molecule has 0 bridgehead atoms. The smallest absolute Gasteiger partial charge is 0.338 e. The average Bonchev–Trinajstić information content (AvgIpc) is 2.71. The molecule has 30 heavy (non-hydrogen) atoms. The molecular formula is C22H24BrNO5S. The van der Waals surface area contributed by atoms with Gasteiger partial charge < -0.3 is 4.74 Å². The first-order valence-corrected chi connectivity index (χ1v) is 12.0. The van der Waals surface area contributed by atoms with E-state index in [0.717, 1.165) is 10.9 Å². The number of hydrogen-bond donors (Lipinski definition) is 0. The largest absolute Gasteiger partial charge is 0.454 e. The van der Waals surface area contributed by atoms with Gasteiger partial charge in [-0.05, 0) is 48.6 Å². The number of ketones is 1. The third-order valence-corrected chi connectivity index (χ3v) is 7.34. The third-order valence-electron chi connectivity index (χ3n) is 5.02. The van der Waals surface area contributed by atoms with E-state index in [9.17, 15) is 18.0 Å². The second-order valence-electron chi connectivity index (χ2n) is 7.81. The minimum absolute atomic E-state index is 0.0524. The van der Waals surface area contributed by atoms with Crippen molar-refractivity contribution in [1.29, 1.82) is 0 Å². The molecule has 1 heterocycles. The Hall–Kier alpha value is -2.03. The zero-order valence-corrected chi connectivity index (χ0v) is 19.3. The first-order valence-electron chi connectivity index (χ1n) is 9.73. The van der Waals surface area contributed by atoms with Gasteiger partial charge in [-0.15, -0.1) is 0 Å². The molecule has 0 aliphatic carbocycles. The SMILES string of the molecule is CC1CC(C)CN(S(=O)(=O)c2cccc(C(=O)OCC(=O)c3cccc(Br)c3)c2)C1. The van der Waals surface area contributed by atoms with Gasteiger partial charge in [0.1, 0.15) is 0 Å². The zero-order chi connectivity index (χ0) is 21.9. The van der Waals surface area contributed by atoms with Crippen molar-refractivity contribution >= 4 is 37.7 Å². The molecule has 1 aliphatic heterocycles. The van der Waals surface area contributed by atoms with Crippen LogP contribution in [0.25, 0.3) is 0 Å². The molecule has 0 saturated carbocycles. The van der Waals surface area contributed by atoms with Crippen molar-refractivity contribution in [2.24, 2.45) is 11.8 Å². The number of sulfonamides is 1. The average molecular weight is 494 g/mol. The minimum Gasteiger partial charge on any atom is -0.454 e. The van der Waals surface area contributed by atoms with Gasteiger partial charge in [0, 0.05) is 23.1 Å². The number of rotatable bonds is 6. The second-order valence-corrected chi connectivity index (χ2v) is 10.7. The molecular weight excluding hydrogens is 470 g/mol. The summed E-state index contributed by atoms with van der Waals surface area (Å²) in [5.41, 5.74) is 0.512. The fourth-order valence-electron chi connectivity index (χ4n) is 3.69. The number of carbonyl (C=O) groups excluding carboxylic acids is 2. The Balaban J connectivity index is 1.71. The van der Waals surface area contributed by atoms with E-state index in [4.69, 9.17) is 4.74 Å². The van der Waals surface area contributed by atoms with Gasteiger partial charge in [0.25, 0.3) is 0 Å². The first-order chi connectivity index (χ1) is 14.2. The van der Waals surface area contributed by atoms with Crippen LogP contribution in [0, 0.1) is 11.8 Å². The topological polar surface area (TPSA) is 80.8 Å². The molecule has 2 atom stereocenters. The van der Waals surface area contributed by atoms with E-state index in [0.29, 0.717) is 18.7 Å².